The molecule has 0 amide bonds. The molecule has 4 aliphatic rings. The molecule has 0 atom stereocenters. The largest absolute Gasteiger partial charge is 0.398 e. The van der Waals surface area contributed by atoms with Gasteiger partial charge in [-0.15, -0.1) is 0 Å². The van der Waals surface area contributed by atoms with Gasteiger partial charge in [-0.2, -0.15) is 0 Å². The first kappa shape index (κ1) is 13.4. The topological polar surface area (TPSA) is 43.1 Å². The first-order valence-electron chi connectivity index (χ1n) is 8.42. The number of carbonyl (C=O) groups is 1. The number of hydrogen-bond donors (Lipinski definition) is 1. The predicted octanol–water partition coefficient (Wildman–Crippen LogP) is 4.37. The fraction of sp³-hybridized carbons (Fsp3) is 0.632. The molecule has 0 aliphatic heterocycles. The highest BCUT2D eigenvalue weighted by atomic mass is 16.1. The summed E-state index contributed by atoms with van der Waals surface area (Å²) >= 11 is 0. The average Bonchev–Trinajstić information content (AvgIpc) is 2.35. The van der Waals surface area contributed by atoms with E-state index in [9.17, 15) is 4.79 Å². The zero-order valence-electron chi connectivity index (χ0n) is 12.9. The van der Waals surface area contributed by atoms with Crippen molar-refractivity contribution >= 4 is 11.5 Å². The Morgan fingerprint density at radius 2 is 1.71 bits per heavy atom. The maximum atomic E-state index is 12.8. The molecule has 0 unspecified atom stereocenters. The molecular formula is C19H25NO. The molecule has 21 heavy (non-hydrogen) atoms. The third-order valence-corrected chi connectivity index (χ3v) is 6.21. The minimum Gasteiger partial charge on any atom is -0.398 e. The van der Waals surface area contributed by atoms with Crippen LogP contribution in [0.2, 0.25) is 0 Å². The first-order valence-corrected chi connectivity index (χ1v) is 8.42. The summed E-state index contributed by atoms with van der Waals surface area (Å²) in [5.41, 5.74) is 8.90. The van der Waals surface area contributed by atoms with Crippen LogP contribution in [0, 0.1) is 30.1 Å². The highest BCUT2D eigenvalue weighted by Crippen LogP contribution is 2.61. The summed E-state index contributed by atoms with van der Waals surface area (Å²) in [5, 5.41) is 0. The average molecular weight is 283 g/mol. The van der Waals surface area contributed by atoms with Crippen molar-refractivity contribution in [2.24, 2.45) is 23.2 Å². The van der Waals surface area contributed by atoms with Gasteiger partial charge in [0.25, 0.3) is 0 Å². The van der Waals surface area contributed by atoms with Crippen molar-refractivity contribution in [3.8, 4) is 0 Å². The molecule has 0 radical (unpaired) electrons. The minimum absolute atomic E-state index is 0.273. The maximum Gasteiger partial charge on any atom is 0.165 e. The molecule has 0 aromatic heterocycles. The standard InChI is InChI=1S/C19H25NO/c1-12-2-3-16(17(20)4-12)18(21)11-19-8-13-5-14(9-19)7-15(6-13)10-19/h2-4,13-15H,5-11,20H2,1H3. The number of hydrogen-bond acceptors (Lipinski definition) is 2. The van der Waals surface area contributed by atoms with E-state index in [-0.39, 0.29) is 5.78 Å². The number of anilines is 1. The highest BCUT2D eigenvalue weighted by Gasteiger charge is 2.51. The van der Waals surface area contributed by atoms with Crippen molar-refractivity contribution in [1.29, 1.82) is 0 Å². The normalized spacial score (nSPS) is 36.9. The van der Waals surface area contributed by atoms with Crippen LogP contribution in [-0.4, -0.2) is 5.78 Å². The van der Waals surface area contributed by atoms with Crippen LogP contribution < -0.4 is 5.73 Å². The van der Waals surface area contributed by atoms with E-state index in [0.29, 0.717) is 11.1 Å². The summed E-state index contributed by atoms with van der Waals surface area (Å²) in [5.74, 6) is 2.98. The highest BCUT2D eigenvalue weighted by molar-refractivity contribution is 6.01. The fourth-order valence-corrected chi connectivity index (χ4v) is 5.88. The van der Waals surface area contributed by atoms with E-state index >= 15 is 0 Å². The lowest BCUT2D eigenvalue weighted by Crippen LogP contribution is -2.46. The summed E-state index contributed by atoms with van der Waals surface area (Å²) in [6, 6.07) is 5.85. The van der Waals surface area contributed by atoms with Crippen LogP contribution in [-0.2, 0) is 0 Å². The van der Waals surface area contributed by atoms with Gasteiger partial charge in [-0.05, 0) is 86.3 Å². The predicted molar refractivity (Wildman–Crippen MR) is 85.1 cm³/mol. The molecule has 4 bridgehead atoms. The third kappa shape index (κ3) is 2.29. The van der Waals surface area contributed by atoms with Crippen LogP contribution in [0.1, 0.15) is 60.9 Å². The third-order valence-electron chi connectivity index (χ3n) is 6.21. The Hall–Kier alpha value is -1.31. The van der Waals surface area contributed by atoms with Gasteiger partial charge < -0.3 is 5.73 Å². The number of nitrogen functional groups attached to an aromatic ring is 1. The van der Waals surface area contributed by atoms with E-state index < -0.39 is 0 Å². The lowest BCUT2D eigenvalue weighted by atomic mass is 9.48. The monoisotopic (exact) mass is 283 g/mol. The number of benzene rings is 1. The molecule has 5 rings (SSSR count). The molecule has 2 N–H and O–H groups in total. The van der Waals surface area contributed by atoms with Crippen molar-refractivity contribution in [2.75, 3.05) is 5.73 Å². The van der Waals surface area contributed by atoms with Crippen LogP contribution in [0.4, 0.5) is 5.69 Å². The van der Waals surface area contributed by atoms with Gasteiger partial charge in [0.1, 0.15) is 0 Å². The van der Waals surface area contributed by atoms with Gasteiger partial charge in [-0.1, -0.05) is 6.07 Å². The van der Waals surface area contributed by atoms with Gasteiger partial charge in [0, 0.05) is 17.7 Å². The van der Waals surface area contributed by atoms with E-state index in [1.807, 2.05) is 25.1 Å². The number of aryl methyl sites for hydroxylation is 1. The molecule has 0 heterocycles. The Kier molecular flexibility index (Phi) is 2.92. The smallest absolute Gasteiger partial charge is 0.165 e. The number of carbonyl (C=O) groups excluding carboxylic acids is 1. The molecular weight excluding hydrogens is 258 g/mol. The Morgan fingerprint density at radius 3 is 2.24 bits per heavy atom. The summed E-state index contributed by atoms with van der Waals surface area (Å²) < 4.78 is 0. The Morgan fingerprint density at radius 1 is 1.14 bits per heavy atom. The molecule has 2 nitrogen and oxygen atoms in total. The zero-order valence-corrected chi connectivity index (χ0v) is 12.9. The molecule has 1 aromatic carbocycles. The summed E-state index contributed by atoms with van der Waals surface area (Å²) in [4.78, 5) is 12.8. The second-order valence-electron chi connectivity index (χ2n) is 8.11. The van der Waals surface area contributed by atoms with Gasteiger partial charge in [-0.25, -0.2) is 0 Å². The van der Waals surface area contributed by atoms with Crippen LogP contribution in [0.5, 0.6) is 0 Å². The summed E-state index contributed by atoms with van der Waals surface area (Å²) in [6.07, 6.45) is 8.88. The molecule has 4 saturated carbocycles. The van der Waals surface area contributed by atoms with Crippen LogP contribution in [0.3, 0.4) is 0 Å². The maximum absolute atomic E-state index is 12.8. The molecule has 112 valence electrons. The van der Waals surface area contributed by atoms with Crippen LogP contribution >= 0.6 is 0 Å². The Balaban J connectivity index is 1.57. The van der Waals surface area contributed by atoms with Crippen LogP contribution in [0.15, 0.2) is 18.2 Å². The second kappa shape index (κ2) is 4.59. The second-order valence-corrected chi connectivity index (χ2v) is 8.11. The van der Waals surface area contributed by atoms with Crippen LogP contribution in [0.25, 0.3) is 0 Å². The lowest BCUT2D eigenvalue weighted by Gasteiger charge is -2.56. The molecule has 0 spiro atoms. The Labute approximate surface area is 127 Å². The van der Waals surface area contributed by atoms with Crippen molar-refractivity contribution in [3.63, 3.8) is 0 Å². The van der Waals surface area contributed by atoms with Crippen molar-refractivity contribution in [3.05, 3.63) is 29.3 Å². The van der Waals surface area contributed by atoms with Crippen molar-refractivity contribution < 1.29 is 4.79 Å². The molecule has 1 aromatic rings. The summed E-state index contributed by atoms with van der Waals surface area (Å²) in [7, 11) is 0. The zero-order chi connectivity index (χ0) is 14.6. The van der Waals surface area contributed by atoms with Gasteiger partial charge in [0.05, 0.1) is 0 Å². The fourth-order valence-electron chi connectivity index (χ4n) is 5.88. The SMILES string of the molecule is Cc1ccc(C(=O)CC23CC4CC(CC(C4)C2)C3)c(N)c1. The molecule has 0 saturated heterocycles. The van der Waals surface area contributed by atoms with E-state index in [0.717, 1.165) is 35.3 Å². The Bertz CT molecular complexity index is 554. The number of Topliss-reactive ketones (excluding diaryl/α,β-unsaturated/α-hetero) is 1. The molecule has 4 aliphatic carbocycles. The van der Waals surface area contributed by atoms with Gasteiger partial charge in [0.15, 0.2) is 5.78 Å². The van der Waals surface area contributed by atoms with E-state index in [4.69, 9.17) is 5.73 Å². The quantitative estimate of drug-likeness (QED) is 0.661. The lowest BCUT2D eigenvalue weighted by molar-refractivity contribution is -0.0524. The van der Waals surface area contributed by atoms with Gasteiger partial charge >= 0.3 is 0 Å². The number of ketones is 1. The van der Waals surface area contributed by atoms with Crippen molar-refractivity contribution in [2.45, 2.75) is 51.9 Å². The minimum atomic E-state index is 0.273. The van der Waals surface area contributed by atoms with Gasteiger partial charge in [0.2, 0.25) is 0 Å². The number of rotatable bonds is 3. The van der Waals surface area contributed by atoms with Crippen molar-refractivity contribution in [1.82, 2.24) is 0 Å². The van der Waals surface area contributed by atoms with E-state index in [1.165, 1.54) is 38.5 Å². The van der Waals surface area contributed by atoms with E-state index in [2.05, 4.69) is 0 Å². The molecule has 2 heteroatoms. The first-order chi connectivity index (χ1) is 10.0. The van der Waals surface area contributed by atoms with Gasteiger partial charge in [-0.3, -0.25) is 4.79 Å². The molecule has 4 fully saturated rings. The van der Waals surface area contributed by atoms with E-state index in [1.54, 1.807) is 0 Å². The summed E-state index contributed by atoms with van der Waals surface area (Å²) in [6.45, 7) is 2.02. The number of nitrogens with two attached hydrogens (primary N) is 1.